The Bertz CT molecular complexity index is 745. The van der Waals surface area contributed by atoms with E-state index < -0.39 is 23.8 Å². The maximum atomic E-state index is 12.8. The van der Waals surface area contributed by atoms with Gasteiger partial charge in [-0.3, -0.25) is 9.69 Å². The lowest BCUT2D eigenvalue weighted by atomic mass is 10.1. The molecule has 1 aliphatic heterocycles. The van der Waals surface area contributed by atoms with Crippen molar-refractivity contribution in [1.29, 1.82) is 0 Å². The summed E-state index contributed by atoms with van der Waals surface area (Å²) in [6, 6.07) is 4.04. The molecule has 1 atom stereocenters. The number of benzene rings is 1. The minimum absolute atomic E-state index is 0.0437. The van der Waals surface area contributed by atoms with Crippen LogP contribution in [0, 0.1) is 0 Å². The van der Waals surface area contributed by atoms with E-state index in [0.29, 0.717) is 13.0 Å². The molecule has 3 rings (SSSR count). The molecule has 1 aliphatic rings. The van der Waals surface area contributed by atoms with Gasteiger partial charge in [0.1, 0.15) is 6.04 Å². The van der Waals surface area contributed by atoms with Gasteiger partial charge in [-0.2, -0.15) is 18.2 Å². The number of aliphatic carboxylic acids is 1. The third kappa shape index (κ3) is 3.40. The smallest absolute Gasteiger partial charge is 0.416 e. The summed E-state index contributed by atoms with van der Waals surface area (Å²) < 4.78 is 43.3. The first-order valence-corrected chi connectivity index (χ1v) is 7.31. The molecule has 1 aromatic carbocycles. The highest BCUT2D eigenvalue weighted by molar-refractivity contribution is 5.73. The molecule has 2 aromatic rings. The Hall–Kier alpha value is -2.42. The Morgan fingerprint density at radius 3 is 2.92 bits per heavy atom. The van der Waals surface area contributed by atoms with Crippen LogP contribution in [0.25, 0.3) is 11.4 Å². The van der Waals surface area contributed by atoms with Crippen molar-refractivity contribution < 1.29 is 27.6 Å². The monoisotopic (exact) mass is 341 g/mol. The van der Waals surface area contributed by atoms with E-state index in [4.69, 9.17) is 9.63 Å². The van der Waals surface area contributed by atoms with Crippen molar-refractivity contribution in [3.05, 3.63) is 35.7 Å². The van der Waals surface area contributed by atoms with Crippen LogP contribution >= 0.6 is 0 Å². The first kappa shape index (κ1) is 16.4. The average molecular weight is 341 g/mol. The van der Waals surface area contributed by atoms with Crippen LogP contribution in [0.1, 0.15) is 24.3 Å². The van der Waals surface area contributed by atoms with Crippen molar-refractivity contribution in [1.82, 2.24) is 15.0 Å². The number of alkyl halides is 3. The molecular weight excluding hydrogens is 327 g/mol. The Morgan fingerprint density at radius 1 is 1.42 bits per heavy atom. The van der Waals surface area contributed by atoms with Gasteiger partial charge < -0.3 is 9.63 Å². The van der Waals surface area contributed by atoms with Crippen LogP contribution in [0.3, 0.4) is 0 Å². The van der Waals surface area contributed by atoms with Crippen molar-refractivity contribution in [2.45, 2.75) is 31.6 Å². The summed E-state index contributed by atoms with van der Waals surface area (Å²) in [6.07, 6.45) is -3.15. The summed E-state index contributed by atoms with van der Waals surface area (Å²) in [4.78, 5) is 16.9. The Balaban J connectivity index is 1.78. The second-order valence-electron chi connectivity index (χ2n) is 5.56. The van der Waals surface area contributed by atoms with Crippen LogP contribution in [0.15, 0.2) is 28.8 Å². The SMILES string of the molecule is O=C(O)C1CCCN1Cc1nc(-c2cccc(C(F)(F)F)c2)no1. The van der Waals surface area contributed by atoms with Gasteiger partial charge in [0.05, 0.1) is 12.1 Å². The predicted octanol–water partition coefficient (Wildman–Crippen LogP) is 2.80. The first-order valence-electron chi connectivity index (χ1n) is 7.31. The lowest BCUT2D eigenvalue weighted by Gasteiger charge is -2.18. The number of carboxylic acid groups (broad SMARTS) is 1. The van der Waals surface area contributed by atoms with E-state index in [0.717, 1.165) is 18.6 Å². The van der Waals surface area contributed by atoms with E-state index in [1.165, 1.54) is 12.1 Å². The summed E-state index contributed by atoms with van der Waals surface area (Å²) in [5.41, 5.74) is -0.604. The highest BCUT2D eigenvalue weighted by Crippen LogP contribution is 2.31. The van der Waals surface area contributed by atoms with E-state index in [1.54, 1.807) is 4.90 Å². The van der Waals surface area contributed by atoms with Gasteiger partial charge in [-0.05, 0) is 31.5 Å². The lowest BCUT2D eigenvalue weighted by Crippen LogP contribution is -2.35. The third-order valence-corrected chi connectivity index (χ3v) is 3.90. The number of aromatic nitrogens is 2. The topological polar surface area (TPSA) is 79.5 Å². The minimum Gasteiger partial charge on any atom is -0.480 e. The third-order valence-electron chi connectivity index (χ3n) is 3.90. The van der Waals surface area contributed by atoms with E-state index in [9.17, 15) is 18.0 Å². The largest absolute Gasteiger partial charge is 0.480 e. The summed E-state index contributed by atoms with van der Waals surface area (Å²) in [7, 11) is 0. The average Bonchev–Trinajstić information content (AvgIpc) is 3.16. The van der Waals surface area contributed by atoms with Crippen LogP contribution in [0.2, 0.25) is 0 Å². The van der Waals surface area contributed by atoms with Gasteiger partial charge in [0.15, 0.2) is 0 Å². The Labute approximate surface area is 134 Å². The summed E-state index contributed by atoms with van der Waals surface area (Å²) in [5.74, 6) is -0.692. The number of hydrogen-bond donors (Lipinski definition) is 1. The maximum Gasteiger partial charge on any atom is 0.416 e. The molecule has 2 heterocycles. The number of hydrogen-bond acceptors (Lipinski definition) is 5. The number of halogens is 3. The Morgan fingerprint density at radius 2 is 2.21 bits per heavy atom. The molecule has 0 bridgehead atoms. The number of likely N-dealkylation sites (tertiary alicyclic amines) is 1. The van der Waals surface area contributed by atoms with Crippen LogP contribution in [-0.2, 0) is 17.5 Å². The predicted molar refractivity (Wildman–Crippen MR) is 75.8 cm³/mol. The zero-order valence-electron chi connectivity index (χ0n) is 12.5. The van der Waals surface area contributed by atoms with Crippen LogP contribution < -0.4 is 0 Å². The molecule has 1 fully saturated rings. The molecule has 128 valence electrons. The van der Waals surface area contributed by atoms with E-state index in [-0.39, 0.29) is 23.8 Å². The first-order chi connectivity index (χ1) is 11.3. The molecule has 24 heavy (non-hydrogen) atoms. The van der Waals surface area contributed by atoms with Gasteiger partial charge in [-0.25, -0.2) is 0 Å². The van der Waals surface area contributed by atoms with E-state index in [2.05, 4.69) is 10.1 Å². The van der Waals surface area contributed by atoms with E-state index in [1.807, 2.05) is 0 Å². The van der Waals surface area contributed by atoms with Crippen LogP contribution in [0.5, 0.6) is 0 Å². The lowest BCUT2D eigenvalue weighted by molar-refractivity contribution is -0.142. The van der Waals surface area contributed by atoms with Crippen molar-refractivity contribution in [2.75, 3.05) is 6.54 Å². The number of nitrogens with zero attached hydrogens (tertiary/aromatic N) is 3. The molecule has 1 aromatic heterocycles. The van der Waals surface area contributed by atoms with Crippen LogP contribution in [-0.4, -0.2) is 38.7 Å². The van der Waals surface area contributed by atoms with Crippen LogP contribution in [0.4, 0.5) is 13.2 Å². The minimum atomic E-state index is -4.45. The van der Waals surface area contributed by atoms with Gasteiger partial charge in [0, 0.05) is 5.56 Å². The zero-order chi connectivity index (χ0) is 17.3. The standard InChI is InChI=1S/C15H14F3N3O3/c16-15(17,18)10-4-1-3-9(7-10)13-19-12(24-20-13)8-21-6-2-5-11(21)14(22)23/h1,3-4,7,11H,2,5-6,8H2,(H,22,23). The second-order valence-corrected chi connectivity index (χ2v) is 5.56. The van der Waals surface area contributed by atoms with Crippen molar-refractivity contribution in [3.8, 4) is 11.4 Å². The molecule has 6 nitrogen and oxygen atoms in total. The van der Waals surface area contributed by atoms with Crippen molar-refractivity contribution in [2.24, 2.45) is 0 Å². The molecule has 0 radical (unpaired) electrons. The zero-order valence-corrected chi connectivity index (χ0v) is 12.5. The molecule has 0 saturated carbocycles. The molecule has 1 N–H and O–H groups in total. The van der Waals surface area contributed by atoms with Gasteiger partial charge in [-0.15, -0.1) is 0 Å². The van der Waals surface area contributed by atoms with Gasteiger partial charge in [0.2, 0.25) is 11.7 Å². The molecule has 0 spiro atoms. The fourth-order valence-corrected chi connectivity index (χ4v) is 2.74. The number of carbonyl (C=O) groups is 1. The highest BCUT2D eigenvalue weighted by atomic mass is 19.4. The fourth-order valence-electron chi connectivity index (χ4n) is 2.74. The molecular formula is C15H14F3N3O3. The highest BCUT2D eigenvalue weighted by Gasteiger charge is 2.32. The summed E-state index contributed by atoms with van der Waals surface area (Å²) in [5, 5.41) is 12.8. The summed E-state index contributed by atoms with van der Waals surface area (Å²) in [6.45, 7) is 0.751. The van der Waals surface area contributed by atoms with Gasteiger partial charge in [-0.1, -0.05) is 17.3 Å². The number of carboxylic acids is 1. The van der Waals surface area contributed by atoms with Gasteiger partial charge >= 0.3 is 12.1 Å². The fraction of sp³-hybridized carbons (Fsp3) is 0.400. The molecule has 1 saturated heterocycles. The van der Waals surface area contributed by atoms with Gasteiger partial charge in [0.25, 0.3) is 0 Å². The van der Waals surface area contributed by atoms with Crippen molar-refractivity contribution in [3.63, 3.8) is 0 Å². The molecule has 0 amide bonds. The molecule has 0 aliphatic carbocycles. The molecule has 1 unspecified atom stereocenters. The molecule has 9 heteroatoms. The normalized spacial score (nSPS) is 18.9. The summed E-state index contributed by atoms with van der Waals surface area (Å²) >= 11 is 0. The van der Waals surface area contributed by atoms with E-state index >= 15 is 0 Å². The number of rotatable bonds is 4. The quantitative estimate of drug-likeness (QED) is 0.921. The van der Waals surface area contributed by atoms with Crippen molar-refractivity contribution >= 4 is 5.97 Å². The Kier molecular flexibility index (Phi) is 4.27. The second kappa shape index (κ2) is 6.23. The maximum absolute atomic E-state index is 12.8.